The highest BCUT2D eigenvalue weighted by molar-refractivity contribution is 5.92. The first-order chi connectivity index (χ1) is 15.5. The number of aromatic nitrogens is 3. The average molecular weight is 431 g/mol. The van der Waals surface area contributed by atoms with E-state index >= 15 is 0 Å². The van der Waals surface area contributed by atoms with Crippen molar-refractivity contribution < 1.29 is 14.3 Å². The number of aryl methyl sites for hydroxylation is 2. The van der Waals surface area contributed by atoms with Crippen molar-refractivity contribution in [2.45, 2.75) is 13.3 Å². The summed E-state index contributed by atoms with van der Waals surface area (Å²) in [7, 11) is 5.08. The summed E-state index contributed by atoms with van der Waals surface area (Å²) < 4.78 is 13.5. The molecule has 0 fully saturated rings. The Labute approximate surface area is 186 Å². The lowest BCUT2D eigenvalue weighted by Gasteiger charge is -2.11. The molecule has 0 aliphatic heterocycles. The van der Waals surface area contributed by atoms with Crippen molar-refractivity contribution in [1.82, 2.24) is 19.9 Å². The lowest BCUT2D eigenvalue weighted by molar-refractivity contribution is 0.0958. The number of fused-ring (bicyclic) bond motifs is 1. The third-order valence-corrected chi connectivity index (χ3v) is 5.20. The quantitative estimate of drug-likeness (QED) is 0.450. The maximum absolute atomic E-state index is 11.9. The molecular weight excluding hydrogens is 406 g/mol. The summed E-state index contributed by atoms with van der Waals surface area (Å²) in [6.45, 7) is 2.13. The van der Waals surface area contributed by atoms with Gasteiger partial charge in [0.25, 0.3) is 5.91 Å². The van der Waals surface area contributed by atoms with E-state index in [-0.39, 0.29) is 11.6 Å². The van der Waals surface area contributed by atoms with Crippen LogP contribution in [0.25, 0.3) is 11.0 Å². The van der Waals surface area contributed by atoms with Gasteiger partial charge in [-0.2, -0.15) is 0 Å². The summed E-state index contributed by atoms with van der Waals surface area (Å²) in [5, 5.41) is 5.92. The molecule has 0 saturated heterocycles. The SMILES string of the molecule is CCc1ccc(Nc2nc3cc(Oc4ccnc(C(=O)NC)c4)c(OC)cc3n2C)cc1. The molecule has 2 aromatic heterocycles. The molecular formula is C24H25N5O3. The summed E-state index contributed by atoms with van der Waals surface area (Å²) in [6.07, 6.45) is 2.52. The first kappa shape index (κ1) is 21.2. The highest BCUT2D eigenvalue weighted by Gasteiger charge is 2.15. The van der Waals surface area contributed by atoms with Crippen LogP contribution in [0.2, 0.25) is 0 Å². The summed E-state index contributed by atoms with van der Waals surface area (Å²) in [6, 6.07) is 15.2. The minimum absolute atomic E-state index is 0.267. The molecule has 0 bridgehead atoms. The zero-order chi connectivity index (χ0) is 22.7. The zero-order valence-corrected chi connectivity index (χ0v) is 18.5. The molecule has 32 heavy (non-hydrogen) atoms. The van der Waals surface area contributed by atoms with E-state index in [4.69, 9.17) is 14.5 Å². The van der Waals surface area contributed by atoms with Crippen LogP contribution >= 0.6 is 0 Å². The van der Waals surface area contributed by atoms with Crippen molar-refractivity contribution in [3.8, 4) is 17.2 Å². The monoisotopic (exact) mass is 431 g/mol. The van der Waals surface area contributed by atoms with Gasteiger partial charge in [-0.1, -0.05) is 19.1 Å². The molecule has 8 heteroatoms. The molecule has 2 aromatic carbocycles. The minimum Gasteiger partial charge on any atom is -0.493 e. The number of amides is 1. The highest BCUT2D eigenvalue weighted by atomic mass is 16.5. The number of anilines is 2. The number of pyridine rings is 1. The Morgan fingerprint density at radius 3 is 2.56 bits per heavy atom. The van der Waals surface area contributed by atoms with Crippen LogP contribution in [0.5, 0.6) is 17.2 Å². The maximum atomic E-state index is 11.9. The van der Waals surface area contributed by atoms with Gasteiger partial charge in [0.15, 0.2) is 11.5 Å². The van der Waals surface area contributed by atoms with Crippen molar-refractivity contribution in [2.75, 3.05) is 19.5 Å². The average Bonchev–Trinajstić information content (AvgIpc) is 3.12. The summed E-state index contributed by atoms with van der Waals surface area (Å²) in [5.74, 6) is 1.93. The Balaban J connectivity index is 1.66. The zero-order valence-electron chi connectivity index (χ0n) is 18.5. The van der Waals surface area contributed by atoms with Crippen LogP contribution < -0.4 is 20.1 Å². The van der Waals surface area contributed by atoms with E-state index in [2.05, 4.69) is 34.7 Å². The first-order valence-electron chi connectivity index (χ1n) is 10.3. The van der Waals surface area contributed by atoms with Crippen LogP contribution in [0.1, 0.15) is 23.0 Å². The number of carbonyl (C=O) groups is 1. The van der Waals surface area contributed by atoms with E-state index in [0.29, 0.717) is 23.2 Å². The van der Waals surface area contributed by atoms with Crippen molar-refractivity contribution in [1.29, 1.82) is 0 Å². The molecule has 8 nitrogen and oxygen atoms in total. The van der Waals surface area contributed by atoms with Gasteiger partial charge in [-0.3, -0.25) is 9.78 Å². The number of carbonyl (C=O) groups excluding carboxylic acids is 1. The molecule has 2 N–H and O–H groups in total. The number of hydrogen-bond acceptors (Lipinski definition) is 6. The van der Waals surface area contributed by atoms with Crippen LogP contribution in [0, 0.1) is 0 Å². The third kappa shape index (κ3) is 4.20. The summed E-state index contributed by atoms with van der Waals surface area (Å²) in [5.41, 5.74) is 4.15. The number of ether oxygens (including phenoxy) is 2. The second-order valence-corrected chi connectivity index (χ2v) is 7.22. The minimum atomic E-state index is -0.287. The fourth-order valence-electron chi connectivity index (χ4n) is 3.36. The molecule has 0 atom stereocenters. The Morgan fingerprint density at radius 2 is 1.88 bits per heavy atom. The second kappa shape index (κ2) is 8.97. The van der Waals surface area contributed by atoms with Gasteiger partial charge in [0.2, 0.25) is 5.95 Å². The number of benzene rings is 2. The molecule has 0 spiro atoms. The van der Waals surface area contributed by atoms with Crippen molar-refractivity contribution in [3.63, 3.8) is 0 Å². The summed E-state index contributed by atoms with van der Waals surface area (Å²) in [4.78, 5) is 20.7. The highest BCUT2D eigenvalue weighted by Crippen LogP contribution is 2.36. The van der Waals surface area contributed by atoms with Crippen molar-refractivity contribution >= 4 is 28.6 Å². The third-order valence-electron chi connectivity index (χ3n) is 5.20. The van der Waals surface area contributed by atoms with Gasteiger partial charge in [0, 0.05) is 44.2 Å². The Kier molecular flexibility index (Phi) is 5.93. The van der Waals surface area contributed by atoms with E-state index in [9.17, 15) is 4.79 Å². The molecule has 4 aromatic rings. The second-order valence-electron chi connectivity index (χ2n) is 7.22. The van der Waals surface area contributed by atoms with Gasteiger partial charge in [0.1, 0.15) is 11.4 Å². The smallest absolute Gasteiger partial charge is 0.269 e. The Hall–Kier alpha value is -4.07. The maximum Gasteiger partial charge on any atom is 0.269 e. The van der Waals surface area contributed by atoms with Crippen LogP contribution in [-0.2, 0) is 13.5 Å². The van der Waals surface area contributed by atoms with E-state index < -0.39 is 0 Å². The van der Waals surface area contributed by atoms with Crippen molar-refractivity contribution in [3.05, 3.63) is 66.0 Å². The van der Waals surface area contributed by atoms with E-state index in [1.54, 1.807) is 26.3 Å². The molecule has 164 valence electrons. The molecule has 0 radical (unpaired) electrons. The van der Waals surface area contributed by atoms with Crippen molar-refractivity contribution in [2.24, 2.45) is 7.05 Å². The van der Waals surface area contributed by atoms with Gasteiger partial charge >= 0.3 is 0 Å². The molecule has 1 amide bonds. The number of imidazole rings is 1. The van der Waals surface area contributed by atoms with E-state index in [1.165, 1.54) is 11.8 Å². The molecule has 0 saturated carbocycles. The molecule has 0 aliphatic carbocycles. The normalized spacial score (nSPS) is 10.8. The van der Waals surface area contributed by atoms with Gasteiger partial charge in [0.05, 0.1) is 18.1 Å². The number of nitrogens with zero attached hydrogens (tertiary/aromatic N) is 3. The van der Waals surface area contributed by atoms with Crippen LogP contribution in [0.15, 0.2) is 54.7 Å². The topological polar surface area (TPSA) is 90.3 Å². The molecule has 4 rings (SSSR count). The van der Waals surface area contributed by atoms with Crippen LogP contribution in [0.3, 0.4) is 0 Å². The van der Waals surface area contributed by atoms with Gasteiger partial charge < -0.3 is 24.7 Å². The fraction of sp³-hybridized carbons (Fsp3) is 0.208. The number of methoxy groups -OCH3 is 1. The van der Waals surface area contributed by atoms with Gasteiger partial charge in [-0.25, -0.2) is 4.98 Å². The summed E-state index contributed by atoms with van der Waals surface area (Å²) >= 11 is 0. The molecule has 0 aliphatic rings. The van der Waals surface area contributed by atoms with Crippen LogP contribution in [-0.4, -0.2) is 34.6 Å². The fourth-order valence-corrected chi connectivity index (χ4v) is 3.36. The standard InChI is InChI=1S/C24H25N5O3/c1-5-15-6-8-16(9-7-15)27-24-28-18-13-22(21(31-4)14-20(18)29(24)3)32-17-10-11-26-19(12-17)23(30)25-2/h6-14H,5H2,1-4H3,(H,25,30)(H,27,28). The largest absolute Gasteiger partial charge is 0.493 e. The van der Waals surface area contributed by atoms with E-state index in [0.717, 1.165) is 23.1 Å². The lowest BCUT2D eigenvalue weighted by atomic mass is 10.1. The Morgan fingerprint density at radius 1 is 1.09 bits per heavy atom. The van der Waals surface area contributed by atoms with Gasteiger partial charge in [-0.15, -0.1) is 0 Å². The first-order valence-corrected chi connectivity index (χ1v) is 10.3. The van der Waals surface area contributed by atoms with E-state index in [1.807, 2.05) is 35.9 Å². The molecule has 2 heterocycles. The van der Waals surface area contributed by atoms with Crippen LogP contribution in [0.4, 0.5) is 11.6 Å². The predicted molar refractivity (Wildman–Crippen MR) is 124 cm³/mol. The van der Waals surface area contributed by atoms with Gasteiger partial charge in [-0.05, 0) is 30.2 Å². The Bertz CT molecular complexity index is 1260. The number of hydrogen-bond donors (Lipinski definition) is 2. The molecule has 0 unspecified atom stereocenters. The number of rotatable bonds is 7. The predicted octanol–water partition coefficient (Wildman–Crippen LogP) is 4.43. The lowest BCUT2D eigenvalue weighted by Crippen LogP contribution is -2.18. The number of nitrogens with one attached hydrogen (secondary N) is 2.